The molecule has 2 amide bonds. The van der Waals surface area contributed by atoms with E-state index in [0.29, 0.717) is 37.6 Å². The molecule has 1 atom stereocenters. The Balaban J connectivity index is 2.09. The molecule has 0 spiro atoms. The summed E-state index contributed by atoms with van der Waals surface area (Å²) in [6, 6.07) is 6.03. The molecule has 7 heteroatoms. The van der Waals surface area contributed by atoms with Gasteiger partial charge in [-0.15, -0.1) is 0 Å². The molecule has 148 valence electrons. The topological polar surface area (TPSA) is 84.9 Å². The van der Waals surface area contributed by atoms with Crippen LogP contribution in [0.5, 0.6) is 5.75 Å². The fraction of sp³-hybridized carbons (Fsp3) is 0.550. The van der Waals surface area contributed by atoms with Crippen LogP contribution in [0.4, 0.5) is 0 Å². The van der Waals surface area contributed by atoms with E-state index < -0.39 is 12.0 Å². The Morgan fingerprint density at radius 3 is 2.78 bits per heavy atom. The SMILES string of the molecule is CCCCOC(=O)CC1C(=O)NCCN1C(=O)c1cccc(OCCC)c1. The molecule has 0 bridgehead atoms. The third-order valence-electron chi connectivity index (χ3n) is 4.27. The maximum Gasteiger partial charge on any atom is 0.308 e. The zero-order valence-electron chi connectivity index (χ0n) is 16.0. The van der Waals surface area contributed by atoms with Crippen LogP contribution in [0.2, 0.25) is 0 Å². The van der Waals surface area contributed by atoms with Crippen molar-refractivity contribution < 1.29 is 23.9 Å². The molecule has 0 aromatic heterocycles. The second-order valence-electron chi connectivity index (χ2n) is 6.46. The average Bonchev–Trinajstić information content (AvgIpc) is 2.68. The number of nitrogens with one attached hydrogen (secondary N) is 1. The third kappa shape index (κ3) is 5.98. The summed E-state index contributed by atoms with van der Waals surface area (Å²) in [5, 5.41) is 2.72. The Morgan fingerprint density at radius 2 is 2.04 bits per heavy atom. The monoisotopic (exact) mass is 376 g/mol. The number of amides is 2. The highest BCUT2D eigenvalue weighted by molar-refractivity contribution is 5.99. The predicted octanol–water partition coefficient (Wildman–Crippen LogP) is 2.15. The van der Waals surface area contributed by atoms with E-state index in [-0.39, 0.29) is 18.2 Å². The van der Waals surface area contributed by atoms with Gasteiger partial charge in [-0.05, 0) is 31.0 Å². The van der Waals surface area contributed by atoms with Crippen LogP contribution in [0.15, 0.2) is 24.3 Å². The highest BCUT2D eigenvalue weighted by Crippen LogP contribution is 2.19. The van der Waals surface area contributed by atoms with Gasteiger partial charge in [0.05, 0.1) is 19.6 Å². The predicted molar refractivity (Wildman–Crippen MR) is 101 cm³/mol. The number of carbonyl (C=O) groups is 3. The van der Waals surface area contributed by atoms with Crippen molar-refractivity contribution in [1.82, 2.24) is 10.2 Å². The minimum absolute atomic E-state index is 0.146. The van der Waals surface area contributed by atoms with Gasteiger partial charge in [0.2, 0.25) is 5.91 Å². The van der Waals surface area contributed by atoms with Crippen LogP contribution in [0, 0.1) is 0 Å². The molecular formula is C20H28N2O5. The Hall–Kier alpha value is -2.57. The van der Waals surface area contributed by atoms with E-state index in [1.165, 1.54) is 4.90 Å². The van der Waals surface area contributed by atoms with E-state index in [4.69, 9.17) is 9.47 Å². The van der Waals surface area contributed by atoms with E-state index in [1.807, 2.05) is 13.8 Å². The lowest BCUT2D eigenvalue weighted by Gasteiger charge is -2.34. The van der Waals surface area contributed by atoms with Crippen LogP contribution >= 0.6 is 0 Å². The first-order chi connectivity index (χ1) is 13.1. The van der Waals surface area contributed by atoms with Gasteiger partial charge in [-0.1, -0.05) is 26.3 Å². The first-order valence-electron chi connectivity index (χ1n) is 9.54. The number of rotatable bonds is 9. The van der Waals surface area contributed by atoms with Crippen LogP contribution in [-0.4, -0.2) is 55.0 Å². The maximum absolute atomic E-state index is 13.0. The van der Waals surface area contributed by atoms with Crippen molar-refractivity contribution in [3.05, 3.63) is 29.8 Å². The number of hydrogen-bond donors (Lipinski definition) is 1. The Kier molecular flexibility index (Phi) is 8.10. The fourth-order valence-corrected chi connectivity index (χ4v) is 2.81. The van der Waals surface area contributed by atoms with E-state index in [0.717, 1.165) is 19.3 Å². The number of unbranched alkanes of at least 4 members (excludes halogenated alkanes) is 1. The number of piperazine rings is 1. The molecule has 1 fully saturated rings. The molecule has 0 radical (unpaired) electrons. The van der Waals surface area contributed by atoms with Crippen molar-refractivity contribution in [2.24, 2.45) is 0 Å². The van der Waals surface area contributed by atoms with Gasteiger partial charge in [-0.2, -0.15) is 0 Å². The molecule has 1 heterocycles. The lowest BCUT2D eigenvalue weighted by Crippen LogP contribution is -2.57. The van der Waals surface area contributed by atoms with Gasteiger partial charge in [0.25, 0.3) is 5.91 Å². The van der Waals surface area contributed by atoms with Gasteiger partial charge >= 0.3 is 5.97 Å². The molecule has 1 saturated heterocycles. The first kappa shape index (κ1) is 20.7. The molecule has 1 aliphatic rings. The van der Waals surface area contributed by atoms with Crippen LogP contribution in [0.25, 0.3) is 0 Å². The Bertz CT molecular complexity index is 662. The van der Waals surface area contributed by atoms with Crippen LogP contribution in [0.1, 0.15) is 49.9 Å². The largest absolute Gasteiger partial charge is 0.494 e. The standard InChI is InChI=1S/C20H28N2O5/c1-3-5-12-27-18(23)14-17-19(24)21-9-10-22(17)20(25)15-7-6-8-16(13-15)26-11-4-2/h6-8,13,17H,3-5,9-12,14H2,1-2H3,(H,21,24). The van der Waals surface area contributed by atoms with Crippen molar-refractivity contribution in [1.29, 1.82) is 0 Å². The number of benzene rings is 1. The molecule has 1 aromatic carbocycles. The minimum Gasteiger partial charge on any atom is -0.494 e. The summed E-state index contributed by atoms with van der Waals surface area (Å²) >= 11 is 0. The molecule has 1 unspecified atom stereocenters. The van der Waals surface area contributed by atoms with Crippen LogP contribution in [0.3, 0.4) is 0 Å². The van der Waals surface area contributed by atoms with E-state index in [9.17, 15) is 14.4 Å². The molecule has 1 aliphatic heterocycles. The van der Waals surface area contributed by atoms with Crippen molar-refractivity contribution in [3.63, 3.8) is 0 Å². The smallest absolute Gasteiger partial charge is 0.308 e. The zero-order valence-corrected chi connectivity index (χ0v) is 16.0. The lowest BCUT2D eigenvalue weighted by atomic mass is 10.1. The molecule has 7 nitrogen and oxygen atoms in total. The van der Waals surface area contributed by atoms with Gasteiger partial charge in [0.15, 0.2) is 0 Å². The minimum atomic E-state index is -0.861. The van der Waals surface area contributed by atoms with Crippen molar-refractivity contribution in [3.8, 4) is 5.75 Å². The summed E-state index contributed by atoms with van der Waals surface area (Å²) in [7, 11) is 0. The first-order valence-corrected chi connectivity index (χ1v) is 9.54. The summed E-state index contributed by atoms with van der Waals surface area (Å²) < 4.78 is 10.7. The van der Waals surface area contributed by atoms with Gasteiger partial charge < -0.3 is 19.7 Å². The summed E-state index contributed by atoms with van der Waals surface area (Å²) in [4.78, 5) is 38.7. The fourth-order valence-electron chi connectivity index (χ4n) is 2.81. The van der Waals surface area contributed by atoms with Gasteiger partial charge in [0.1, 0.15) is 11.8 Å². The normalized spacial score (nSPS) is 16.6. The van der Waals surface area contributed by atoms with Crippen molar-refractivity contribution in [2.75, 3.05) is 26.3 Å². The summed E-state index contributed by atoms with van der Waals surface area (Å²) in [6.07, 6.45) is 2.41. The Labute approximate surface area is 160 Å². The van der Waals surface area contributed by atoms with Gasteiger partial charge in [0, 0.05) is 18.7 Å². The molecule has 2 rings (SSSR count). The van der Waals surface area contributed by atoms with Crippen molar-refractivity contribution >= 4 is 17.8 Å². The van der Waals surface area contributed by atoms with Crippen LogP contribution < -0.4 is 10.1 Å². The number of esters is 1. The molecule has 0 saturated carbocycles. The number of ether oxygens (including phenoxy) is 2. The van der Waals surface area contributed by atoms with Crippen molar-refractivity contribution in [2.45, 2.75) is 45.6 Å². The lowest BCUT2D eigenvalue weighted by molar-refractivity contribution is -0.147. The maximum atomic E-state index is 13.0. The summed E-state index contributed by atoms with van der Waals surface area (Å²) in [6.45, 7) is 5.60. The number of nitrogens with zero attached hydrogens (tertiary/aromatic N) is 1. The molecular weight excluding hydrogens is 348 g/mol. The highest BCUT2D eigenvalue weighted by Gasteiger charge is 2.35. The van der Waals surface area contributed by atoms with E-state index >= 15 is 0 Å². The zero-order chi connectivity index (χ0) is 19.6. The average molecular weight is 376 g/mol. The summed E-state index contributed by atoms with van der Waals surface area (Å²) in [5.74, 6) is -0.485. The van der Waals surface area contributed by atoms with E-state index in [2.05, 4.69) is 5.32 Å². The van der Waals surface area contributed by atoms with E-state index in [1.54, 1.807) is 24.3 Å². The second kappa shape index (κ2) is 10.5. The summed E-state index contributed by atoms with van der Waals surface area (Å²) in [5.41, 5.74) is 0.433. The number of carbonyl (C=O) groups excluding carboxylic acids is 3. The van der Waals surface area contributed by atoms with Crippen LogP contribution in [-0.2, 0) is 14.3 Å². The quantitative estimate of drug-likeness (QED) is 0.527. The highest BCUT2D eigenvalue weighted by atomic mass is 16.5. The third-order valence-corrected chi connectivity index (χ3v) is 4.27. The van der Waals surface area contributed by atoms with Gasteiger partial charge in [-0.3, -0.25) is 14.4 Å². The molecule has 27 heavy (non-hydrogen) atoms. The molecule has 1 aromatic rings. The second-order valence-corrected chi connectivity index (χ2v) is 6.46. The number of hydrogen-bond acceptors (Lipinski definition) is 5. The van der Waals surface area contributed by atoms with Gasteiger partial charge in [-0.25, -0.2) is 0 Å². The Morgan fingerprint density at radius 1 is 1.22 bits per heavy atom. The molecule has 0 aliphatic carbocycles. The molecule has 1 N–H and O–H groups in total.